The van der Waals surface area contributed by atoms with Gasteiger partial charge in [-0.15, -0.1) is 0 Å². The third kappa shape index (κ3) is 4.63. The lowest BCUT2D eigenvalue weighted by atomic mass is 10.2. The molecule has 4 rings (SSSR count). The molecule has 3 N–H and O–H groups in total. The first-order chi connectivity index (χ1) is 16.3. The Morgan fingerprint density at radius 2 is 1.79 bits per heavy atom. The number of nitrogen functional groups attached to an aromatic ring is 1. The van der Waals surface area contributed by atoms with Crippen LogP contribution in [0.4, 0.5) is 11.5 Å². The molecule has 3 aromatic rings. The van der Waals surface area contributed by atoms with Crippen molar-refractivity contribution in [3.8, 4) is 11.5 Å². The average molecular weight is 466 g/mol. The van der Waals surface area contributed by atoms with E-state index in [1.165, 1.54) is 7.05 Å². The lowest BCUT2D eigenvalue weighted by Crippen LogP contribution is -2.42. The molecule has 2 aromatic carbocycles. The van der Waals surface area contributed by atoms with Crippen molar-refractivity contribution >= 4 is 23.4 Å². The lowest BCUT2D eigenvalue weighted by molar-refractivity contribution is -0.157. The highest BCUT2D eigenvalue weighted by Crippen LogP contribution is 2.31. The van der Waals surface area contributed by atoms with E-state index in [9.17, 15) is 19.2 Å². The summed E-state index contributed by atoms with van der Waals surface area (Å²) >= 11 is 0. The summed E-state index contributed by atoms with van der Waals surface area (Å²) in [6, 6.07) is 15.9. The molecular weight excluding hydrogens is 444 g/mol. The number of rotatable bonds is 6. The molecule has 0 unspecified atom stereocenters. The van der Waals surface area contributed by atoms with Crippen molar-refractivity contribution in [1.82, 2.24) is 9.55 Å². The van der Waals surface area contributed by atoms with E-state index in [1.54, 1.807) is 48.5 Å². The number of hydrogen-bond donors (Lipinski definition) is 2. The number of H-pyrrole nitrogens is 1. The van der Waals surface area contributed by atoms with Gasteiger partial charge in [0.25, 0.3) is 11.5 Å². The second kappa shape index (κ2) is 9.53. The van der Waals surface area contributed by atoms with Crippen molar-refractivity contribution in [3.63, 3.8) is 0 Å². The topological polar surface area (TPSA) is 146 Å². The van der Waals surface area contributed by atoms with E-state index in [-0.39, 0.29) is 24.7 Å². The Morgan fingerprint density at radius 1 is 1.12 bits per heavy atom. The van der Waals surface area contributed by atoms with Gasteiger partial charge in [-0.3, -0.25) is 19.1 Å². The van der Waals surface area contributed by atoms with Crippen LogP contribution in [0.3, 0.4) is 0 Å². The second-order valence-corrected chi connectivity index (χ2v) is 7.49. The number of ether oxygens (including phenoxy) is 3. The molecular formula is C23H22N4O7. The molecule has 11 heteroatoms. The van der Waals surface area contributed by atoms with Gasteiger partial charge in [-0.1, -0.05) is 42.5 Å². The number of likely N-dealkylation sites (N-methyl/N-ethyl adjacent to an activating group) is 1. The predicted octanol–water partition coefficient (Wildman–Crippen LogP) is 0.513. The van der Waals surface area contributed by atoms with Gasteiger partial charge in [0.15, 0.2) is 23.8 Å². The van der Waals surface area contributed by atoms with E-state index >= 15 is 0 Å². The zero-order valence-corrected chi connectivity index (χ0v) is 18.2. The van der Waals surface area contributed by atoms with Gasteiger partial charge in [0.2, 0.25) is 6.10 Å². The van der Waals surface area contributed by atoms with Gasteiger partial charge in [-0.2, -0.15) is 0 Å². The molecule has 1 aliphatic rings. The molecule has 2 heterocycles. The summed E-state index contributed by atoms with van der Waals surface area (Å²) in [7, 11) is 1.30. The maximum absolute atomic E-state index is 12.7. The van der Waals surface area contributed by atoms with Crippen LogP contribution in [-0.2, 0) is 20.9 Å². The molecule has 1 amide bonds. The van der Waals surface area contributed by atoms with Crippen LogP contribution >= 0.6 is 0 Å². The third-order valence-electron chi connectivity index (χ3n) is 5.22. The Hall–Kier alpha value is -4.54. The summed E-state index contributed by atoms with van der Waals surface area (Å²) in [5, 5.41) is 0. The van der Waals surface area contributed by atoms with E-state index < -0.39 is 35.8 Å². The quantitative estimate of drug-likeness (QED) is 0.500. The van der Waals surface area contributed by atoms with E-state index in [4.69, 9.17) is 19.9 Å². The monoisotopic (exact) mass is 466 g/mol. The molecule has 1 aliphatic heterocycles. The first-order valence-electron chi connectivity index (χ1n) is 10.3. The van der Waals surface area contributed by atoms with Crippen LogP contribution in [-0.4, -0.2) is 47.8 Å². The van der Waals surface area contributed by atoms with Crippen LogP contribution in [0.5, 0.6) is 11.5 Å². The number of aromatic nitrogens is 2. The number of aromatic amines is 1. The number of fused-ring (bicyclic) bond motifs is 1. The minimum absolute atomic E-state index is 0.0725. The van der Waals surface area contributed by atoms with Crippen LogP contribution in [0, 0.1) is 0 Å². The minimum Gasteiger partial charge on any atom is -0.485 e. The largest absolute Gasteiger partial charge is 0.485 e. The van der Waals surface area contributed by atoms with Crippen molar-refractivity contribution in [2.45, 2.75) is 12.6 Å². The van der Waals surface area contributed by atoms with E-state index in [0.29, 0.717) is 11.5 Å². The Bertz CT molecular complexity index is 1330. The van der Waals surface area contributed by atoms with Gasteiger partial charge in [-0.25, -0.2) is 9.59 Å². The van der Waals surface area contributed by atoms with Crippen molar-refractivity contribution in [1.29, 1.82) is 0 Å². The number of benzene rings is 2. The maximum Gasteiger partial charge on any atom is 0.351 e. The van der Waals surface area contributed by atoms with Crippen molar-refractivity contribution < 1.29 is 23.8 Å². The highest BCUT2D eigenvalue weighted by molar-refractivity contribution is 5.96. The third-order valence-corrected chi connectivity index (χ3v) is 5.22. The Kier molecular flexibility index (Phi) is 6.35. The van der Waals surface area contributed by atoms with Crippen molar-refractivity contribution in [2.75, 3.05) is 30.9 Å². The number of esters is 1. The molecule has 176 valence electrons. The van der Waals surface area contributed by atoms with Crippen LogP contribution in [0.1, 0.15) is 5.56 Å². The molecule has 0 saturated carbocycles. The zero-order chi connectivity index (χ0) is 24.2. The van der Waals surface area contributed by atoms with Gasteiger partial charge in [-0.05, 0) is 17.7 Å². The summed E-state index contributed by atoms with van der Waals surface area (Å²) in [4.78, 5) is 52.9. The van der Waals surface area contributed by atoms with Crippen molar-refractivity contribution in [3.05, 3.63) is 81.0 Å². The van der Waals surface area contributed by atoms with E-state index in [2.05, 4.69) is 4.98 Å². The summed E-state index contributed by atoms with van der Waals surface area (Å²) < 4.78 is 17.2. The van der Waals surface area contributed by atoms with Gasteiger partial charge in [0.1, 0.15) is 12.4 Å². The number of nitrogens with zero attached hydrogens (tertiary/aromatic N) is 2. The Morgan fingerprint density at radius 3 is 2.53 bits per heavy atom. The fourth-order valence-corrected chi connectivity index (χ4v) is 3.41. The van der Waals surface area contributed by atoms with Gasteiger partial charge >= 0.3 is 11.7 Å². The van der Waals surface area contributed by atoms with E-state index in [0.717, 1.165) is 15.0 Å². The smallest absolute Gasteiger partial charge is 0.351 e. The first kappa shape index (κ1) is 22.6. The molecule has 0 radical (unpaired) electrons. The number of hydrogen-bond acceptors (Lipinski definition) is 8. The summed E-state index contributed by atoms with van der Waals surface area (Å²) in [6.45, 7) is -0.655. The second-order valence-electron chi connectivity index (χ2n) is 7.49. The lowest BCUT2D eigenvalue weighted by Gasteiger charge is -2.25. The van der Waals surface area contributed by atoms with Crippen LogP contribution in [0.25, 0.3) is 0 Å². The van der Waals surface area contributed by atoms with E-state index in [1.807, 2.05) is 6.07 Å². The maximum atomic E-state index is 12.7. The molecule has 1 aromatic heterocycles. The fraction of sp³-hybridized carbons (Fsp3) is 0.217. The fourth-order valence-electron chi connectivity index (χ4n) is 3.41. The number of para-hydroxylation sites is 2. The Balaban J connectivity index is 1.45. The molecule has 0 fully saturated rings. The molecule has 34 heavy (non-hydrogen) atoms. The predicted molar refractivity (Wildman–Crippen MR) is 122 cm³/mol. The van der Waals surface area contributed by atoms with Gasteiger partial charge in [0, 0.05) is 7.05 Å². The number of carbonyl (C=O) groups excluding carboxylic acids is 2. The number of nitrogens with two attached hydrogens (primary N) is 1. The van der Waals surface area contributed by atoms with Crippen LogP contribution < -0.4 is 31.4 Å². The average Bonchev–Trinajstić information content (AvgIpc) is 2.85. The molecule has 0 spiro atoms. The minimum atomic E-state index is -1.05. The van der Waals surface area contributed by atoms with Crippen molar-refractivity contribution in [2.24, 2.45) is 0 Å². The molecule has 11 nitrogen and oxygen atoms in total. The van der Waals surface area contributed by atoms with Crippen LogP contribution in [0.2, 0.25) is 0 Å². The van der Waals surface area contributed by atoms with Gasteiger partial charge < -0.3 is 24.8 Å². The zero-order valence-electron chi connectivity index (χ0n) is 18.2. The number of amides is 1. The summed E-state index contributed by atoms with van der Waals surface area (Å²) in [6.07, 6.45) is -1.05. The standard InChI is InChI=1S/C23H22N4O7/c1-26(18(28)13-33-22(30)17-12-32-15-9-5-6-10-16(15)34-17)19-20(24)27(23(31)25-21(19)29)11-14-7-3-2-4-8-14/h2-10,17H,11-13,24H2,1H3,(H,25,29,31)/t17-/m1/s1. The SMILES string of the molecule is CN(C(=O)COC(=O)[C@H]1COc2ccccc2O1)c1c(N)n(Cc2ccccc2)c(=O)[nH]c1=O. The Labute approximate surface area is 193 Å². The highest BCUT2D eigenvalue weighted by atomic mass is 16.6. The molecule has 0 bridgehead atoms. The number of carbonyl (C=O) groups is 2. The van der Waals surface area contributed by atoms with Gasteiger partial charge in [0.05, 0.1) is 6.54 Å². The normalized spacial score (nSPS) is 14.3. The summed E-state index contributed by atoms with van der Waals surface area (Å²) in [5.41, 5.74) is 5.08. The number of anilines is 2. The highest BCUT2D eigenvalue weighted by Gasteiger charge is 2.30. The number of nitrogens with one attached hydrogen (secondary N) is 1. The first-order valence-corrected chi connectivity index (χ1v) is 10.3. The molecule has 1 atom stereocenters. The molecule has 0 aliphatic carbocycles. The van der Waals surface area contributed by atoms with Crippen LogP contribution in [0.15, 0.2) is 64.2 Å². The summed E-state index contributed by atoms with van der Waals surface area (Å²) in [5.74, 6) is -0.831. The molecule has 0 saturated heterocycles.